The highest BCUT2D eigenvalue weighted by atomic mass is 32.1. The highest BCUT2D eigenvalue weighted by Crippen LogP contribution is 2.49. The maximum absolute atomic E-state index is 16.9. The van der Waals surface area contributed by atoms with Gasteiger partial charge in [0.25, 0.3) is 0 Å². The Balaban J connectivity index is 0.00000234. The van der Waals surface area contributed by atoms with E-state index in [1.54, 1.807) is 22.2 Å². The summed E-state index contributed by atoms with van der Waals surface area (Å²) in [6.45, 7) is 12.4. The second-order valence-corrected chi connectivity index (χ2v) is 19.4. The molecule has 2 aromatic carbocycles. The number of hydrogen-bond acceptors (Lipinski definition) is 11. The summed E-state index contributed by atoms with van der Waals surface area (Å²) in [7, 11) is 2.54. The van der Waals surface area contributed by atoms with Gasteiger partial charge in [0.1, 0.15) is 35.3 Å². The SMILES string of the molecule is COC(=O)N[C@H](C(=O)N1CCC[C@H]1c1ncc(-c2cc(F)c3c(c2)OC(c2sc(C)nc2C)n2c-3cc3cc(-c4cnc([C@@H]5CCCN5C(=O)[C@@H](NC(=O)OC)C(C)C)[nH]4)ccc32)[nH]1)C(C)C.S.S.S.S. The molecule has 17 nitrogen and oxygen atoms in total. The molecule has 5 atom stereocenters. The number of hydrogen-bond donors (Lipinski definition) is 4. The lowest BCUT2D eigenvalue weighted by molar-refractivity contribution is -0.136. The number of H-pyrrole nitrogens is 2. The quantitative estimate of drug-likeness (QED) is 0.0972. The Kier molecular flexibility index (Phi) is 18.3. The minimum absolute atomic E-state index is 0. The topological polar surface area (TPSA) is 202 Å². The third-order valence-electron chi connectivity index (χ3n) is 13.1. The van der Waals surface area contributed by atoms with Crippen molar-refractivity contribution in [1.29, 1.82) is 0 Å². The molecule has 0 bridgehead atoms. The van der Waals surface area contributed by atoms with E-state index in [9.17, 15) is 19.2 Å². The van der Waals surface area contributed by atoms with Crippen LogP contribution in [0.3, 0.4) is 0 Å². The van der Waals surface area contributed by atoms with Gasteiger partial charge in [0.2, 0.25) is 18.0 Å². The largest absolute Gasteiger partial charge is 0.464 e. The summed E-state index contributed by atoms with van der Waals surface area (Å²) in [5.41, 5.74) is 5.31. The normalized spacial score (nSPS) is 17.7. The number of benzene rings is 2. The number of likely N-dealkylation sites (tertiary alicyclic amines) is 2. The summed E-state index contributed by atoms with van der Waals surface area (Å²) in [6, 6.07) is 9.12. The van der Waals surface area contributed by atoms with E-state index in [1.165, 1.54) is 31.6 Å². The zero-order valence-corrected chi connectivity index (χ0v) is 45.5. The van der Waals surface area contributed by atoms with Gasteiger partial charge < -0.3 is 44.6 Å². The summed E-state index contributed by atoms with van der Waals surface area (Å²) in [5, 5.41) is 7.12. The molecule has 9 rings (SSSR count). The first-order valence-electron chi connectivity index (χ1n) is 22.7. The van der Waals surface area contributed by atoms with Crippen LogP contribution < -0.4 is 15.4 Å². The number of nitrogens with one attached hydrogen (secondary N) is 4. The maximum atomic E-state index is 16.9. The Morgan fingerprint density at radius 1 is 0.775 bits per heavy atom. The van der Waals surface area contributed by atoms with Crippen LogP contribution in [0.5, 0.6) is 5.75 Å². The molecule has 4 aromatic heterocycles. The minimum atomic E-state index is -0.775. The van der Waals surface area contributed by atoms with Crippen molar-refractivity contribution in [3.05, 3.63) is 81.8 Å². The van der Waals surface area contributed by atoms with Crippen LogP contribution >= 0.6 is 65.3 Å². The Morgan fingerprint density at radius 3 is 1.80 bits per heavy atom. The van der Waals surface area contributed by atoms with Crippen LogP contribution in [0.2, 0.25) is 0 Å². The molecule has 23 heteroatoms. The highest BCUT2D eigenvalue weighted by molar-refractivity contribution is 7.59. The Labute approximate surface area is 443 Å². The lowest BCUT2D eigenvalue weighted by atomic mass is 10.0. The van der Waals surface area contributed by atoms with Gasteiger partial charge in [-0.3, -0.25) is 14.2 Å². The molecule has 71 heavy (non-hydrogen) atoms. The molecule has 7 heterocycles. The van der Waals surface area contributed by atoms with E-state index in [1.807, 2.05) is 76.4 Å². The number of aromatic amines is 2. The molecule has 3 aliphatic heterocycles. The van der Waals surface area contributed by atoms with Gasteiger partial charge in [-0.1, -0.05) is 33.8 Å². The molecule has 1 unspecified atom stereocenters. The van der Waals surface area contributed by atoms with Crippen molar-refractivity contribution in [2.75, 3.05) is 27.3 Å². The first-order chi connectivity index (χ1) is 32.1. The summed E-state index contributed by atoms with van der Waals surface area (Å²) in [5.74, 6) is 0.358. The lowest BCUT2D eigenvalue weighted by Crippen LogP contribution is -2.51. The number of ether oxygens (including phenoxy) is 3. The molecule has 2 saturated heterocycles. The monoisotopic (exact) mass is 1070 g/mol. The highest BCUT2D eigenvalue weighted by Gasteiger charge is 2.40. The number of carbonyl (C=O) groups excluding carboxylic acids is 4. The Bertz CT molecular complexity index is 2900. The molecule has 4 amide bonds. The first kappa shape index (κ1) is 56.6. The van der Waals surface area contributed by atoms with Gasteiger partial charge in [0, 0.05) is 29.6 Å². The summed E-state index contributed by atoms with van der Waals surface area (Å²) in [4.78, 5) is 77.2. The zero-order valence-electron chi connectivity index (χ0n) is 40.7. The van der Waals surface area contributed by atoms with Gasteiger partial charge in [-0.2, -0.15) is 54.0 Å². The molecule has 384 valence electrons. The van der Waals surface area contributed by atoms with E-state index in [0.717, 1.165) is 57.0 Å². The van der Waals surface area contributed by atoms with E-state index >= 15 is 4.39 Å². The number of aromatic nitrogens is 6. The van der Waals surface area contributed by atoms with Crippen LogP contribution in [-0.2, 0) is 19.1 Å². The number of halogens is 1. The zero-order chi connectivity index (χ0) is 47.4. The number of imidazole rings is 2. The van der Waals surface area contributed by atoms with Gasteiger partial charge in [0.05, 0.1) is 82.4 Å². The second kappa shape index (κ2) is 23.0. The van der Waals surface area contributed by atoms with Crippen LogP contribution in [0.1, 0.15) is 98.9 Å². The number of thiazole rings is 1. The number of aryl methyl sites for hydroxylation is 2. The predicted molar refractivity (Wildman–Crippen MR) is 290 cm³/mol. The van der Waals surface area contributed by atoms with Crippen molar-refractivity contribution < 1.29 is 37.8 Å². The molecule has 3 aliphatic rings. The number of alkyl carbamates (subject to hydrolysis) is 2. The van der Waals surface area contributed by atoms with Crippen LogP contribution in [-0.4, -0.2) is 103 Å². The molecule has 0 saturated carbocycles. The molecule has 2 fully saturated rings. The molecule has 0 radical (unpaired) electrons. The smallest absolute Gasteiger partial charge is 0.407 e. The van der Waals surface area contributed by atoms with Crippen molar-refractivity contribution in [2.45, 2.75) is 97.6 Å². The molecule has 0 spiro atoms. The van der Waals surface area contributed by atoms with Gasteiger partial charge >= 0.3 is 12.2 Å². The van der Waals surface area contributed by atoms with Gasteiger partial charge in [-0.15, -0.1) is 11.3 Å². The van der Waals surface area contributed by atoms with E-state index in [-0.39, 0.29) is 89.7 Å². The van der Waals surface area contributed by atoms with Crippen molar-refractivity contribution in [1.82, 2.24) is 49.9 Å². The molecule has 0 aliphatic carbocycles. The summed E-state index contributed by atoms with van der Waals surface area (Å²) < 4.78 is 35.3. The second-order valence-electron chi connectivity index (χ2n) is 18.1. The van der Waals surface area contributed by atoms with Crippen molar-refractivity contribution in [2.24, 2.45) is 11.8 Å². The van der Waals surface area contributed by atoms with E-state index in [2.05, 4.69) is 25.6 Å². The molecular formula is C48H63FN10O7S5. The van der Waals surface area contributed by atoms with Crippen molar-refractivity contribution in [3.8, 4) is 39.5 Å². The van der Waals surface area contributed by atoms with E-state index in [0.29, 0.717) is 59.4 Å². The third kappa shape index (κ3) is 10.7. The van der Waals surface area contributed by atoms with Crippen LogP contribution in [0.15, 0.2) is 48.8 Å². The minimum Gasteiger partial charge on any atom is -0.464 e. The molecule has 6 aromatic rings. The maximum Gasteiger partial charge on any atom is 0.407 e. The summed E-state index contributed by atoms with van der Waals surface area (Å²) >= 11 is 1.53. The number of carbonyl (C=O) groups is 4. The lowest BCUT2D eigenvalue weighted by Gasteiger charge is -2.30. The Morgan fingerprint density at radius 2 is 1.31 bits per heavy atom. The standard InChI is InChI=1S/C48H55FN10O7S.4H2S/c1-23(2)39(55-47(62)64-7)44(60)57-15-9-11-34(57)42-50-21-31(53-42)27-13-14-33-29(17-27)19-36-38-30(49)18-28(20-37(38)66-46(59(33)36)41-25(5)52-26(6)67-41)32-22-51-43(54-32)35-12-10-16-58(35)45(61)40(24(3)4)56-48(63)65-8;;;;/h13-14,17-24,34-35,39-40,46H,9-12,15-16H2,1-8H3,(H,50,53)(H,51,54)(H,55,62)(H,56,63);4*1H2/t34-,35-,39-,40-,46?;;;;/m0..../s1. The average molecular weight is 1070 g/mol. The van der Waals surface area contributed by atoms with E-state index in [4.69, 9.17) is 24.2 Å². The number of amides is 4. The summed E-state index contributed by atoms with van der Waals surface area (Å²) in [6.07, 6.45) is 4.37. The first-order valence-corrected chi connectivity index (χ1v) is 23.5. The van der Waals surface area contributed by atoms with Gasteiger partial charge in [-0.05, 0) is 81.7 Å². The molecule has 4 N–H and O–H groups in total. The fourth-order valence-corrected chi connectivity index (χ4v) is 10.7. The van der Waals surface area contributed by atoms with Crippen LogP contribution in [0, 0.1) is 31.5 Å². The van der Waals surface area contributed by atoms with Crippen molar-refractivity contribution in [3.63, 3.8) is 0 Å². The van der Waals surface area contributed by atoms with Crippen molar-refractivity contribution >= 4 is 100 Å². The van der Waals surface area contributed by atoms with Crippen LogP contribution in [0.25, 0.3) is 44.7 Å². The number of nitrogens with zero attached hydrogens (tertiary/aromatic N) is 6. The van der Waals surface area contributed by atoms with E-state index < -0.39 is 36.3 Å². The number of rotatable bonds is 11. The Hall–Kier alpha value is -5.36. The number of methoxy groups -OCH3 is 2. The van der Waals surface area contributed by atoms with Crippen LogP contribution in [0.4, 0.5) is 14.0 Å². The predicted octanol–water partition coefficient (Wildman–Crippen LogP) is 8.78. The fourth-order valence-electron chi connectivity index (χ4n) is 9.74. The molecular weight excluding hydrogens is 1010 g/mol. The average Bonchev–Trinajstić information content (AvgIpc) is 4.17. The fraction of sp³-hybridized carbons (Fsp3) is 0.438. The van der Waals surface area contributed by atoms with Gasteiger partial charge in [-0.25, -0.2) is 28.9 Å². The van der Waals surface area contributed by atoms with Gasteiger partial charge in [0.15, 0.2) is 0 Å². The number of fused-ring (bicyclic) bond motifs is 5. The third-order valence-corrected chi connectivity index (χ3v) is 14.2.